The number of benzene rings is 2. The molecule has 0 radical (unpaired) electrons. The maximum absolute atomic E-state index is 12.8. The average molecular weight is 389 g/mol. The first-order valence-electron chi connectivity index (χ1n) is 9.09. The Morgan fingerprint density at radius 2 is 2.04 bits per heavy atom. The standard InChI is InChI=1S/C21H25ClN2O3/c1-26-17-9-10-20(27-2)19(12-17)23-21(25)16-7-5-11-24(14-16)13-15-6-3-4-8-18(15)22/h3-4,6,8-10,12,16H,5,7,11,13-14H2,1-2H3,(H,23,25). The van der Waals surface area contributed by atoms with E-state index in [9.17, 15) is 4.79 Å². The van der Waals surface area contributed by atoms with E-state index in [0.29, 0.717) is 23.7 Å². The third-order valence-electron chi connectivity index (χ3n) is 4.89. The number of hydrogen-bond donors (Lipinski definition) is 1. The van der Waals surface area contributed by atoms with Gasteiger partial charge in [-0.05, 0) is 43.1 Å². The predicted octanol–water partition coefficient (Wildman–Crippen LogP) is 4.21. The summed E-state index contributed by atoms with van der Waals surface area (Å²) in [5, 5.41) is 3.77. The number of likely N-dealkylation sites (tertiary alicyclic amines) is 1. The summed E-state index contributed by atoms with van der Waals surface area (Å²) in [7, 11) is 3.19. The SMILES string of the molecule is COc1ccc(OC)c(NC(=O)C2CCCN(Cc3ccccc3Cl)C2)c1. The molecule has 1 saturated heterocycles. The van der Waals surface area contributed by atoms with Crippen molar-refractivity contribution in [1.82, 2.24) is 4.90 Å². The molecule has 1 heterocycles. The van der Waals surface area contributed by atoms with Crippen LogP contribution in [0.5, 0.6) is 11.5 Å². The molecule has 1 aliphatic heterocycles. The lowest BCUT2D eigenvalue weighted by Gasteiger charge is -2.32. The highest BCUT2D eigenvalue weighted by Crippen LogP contribution is 2.30. The summed E-state index contributed by atoms with van der Waals surface area (Å²) >= 11 is 6.28. The van der Waals surface area contributed by atoms with Gasteiger partial charge in [-0.1, -0.05) is 29.8 Å². The Bertz CT molecular complexity index is 797. The molecule has 1 aliphatic rings. The van der Waals surface area contributed by atoms with Crippen LogP contribution in [0.4, 0.5) is 5.69 Å². The summed E-state index contributed by atoms with van der Waals surface area (Å²) in [5.74, 6) is 1.23. The number of carbonyl (C=O) groups excluding carboxylic acids is 1. The van der Waals surface area contributed by atoms with Gasteiger partial charge in [-0.2, -0.15) is 0 Å². The molecule has 0 spiro atoms. The lowest BCUT2D eigenvalue weighted by Crippen LogP contribution is -2.40. The third kappa shape index (κ3) is 4.93. The van der Waals surface area contributed by atoms with Gasteiger partial charge in [0.25, 0.3) is 0 Å². The molecule has 1 amide bonds. The average Bonchev–Trinajstić information content (AvgIpc) is 2.70. The maximum Gasteiger partial charge on any atom is 0.228 e. The normalized spacial score (nSPS) is 17.4. The van der Waals surface area contributed by atoms with E-state index in [1.165, 1.54) is 0 Å². The van der Waals surface area contributed by atoms with Crippen LogP contribution in [0, 0.1) is 5.92 Å². The van der Waals surface area contributed by atoms with Gasteiger partial charge in [-0.15, -0.1) is 0 Å². The number of rotatable bonds is 6. The van der Waals surface area contributed by atoms with Gasteiger partial charge in [0, 0.05) is 24.2 Å². The summed E-state index contributed by atoms with van der Waals surface area (Å²) in [4.78, 5) is 15.1. The van der Waals surface area contributed by atoms with E-state index < -0.39 is 0 Å². The first kappa shape index (κ1) is 19.5. The monoisotopic (exact) mass is 388 g/mol. The van der Waals surface area contributed by atoms with Crippen LogP contribution in [0.3, 0.4) is 0 Å². The highest BCUT2D eigenvalue weighted by atomic mass is 35.5. The lowest BCUT2D eigenvalue weighted by atomic mass is 9.96. The van der Waals surface area contributed by atoms with Crippen molar-refractivity contribution in [1.29, 1.82) is 0 Å². The molecule has 0 aliphatic carbocycles. The van der Waals surface area contributed by atoms with Crippen LogP contribution in [0.2, 0.25) is 5.02 Å². The Kier molecular flexibility index (Phi) is 6.58. The Balaban J connectivity index is 1.66. The molecule has 1 atom stereocenters. The molecular formula is C21H25ClN2O3. The summed E-state index contributed by atoms with van der Waals surface area (Å²) in [6.45, 7) is 2.44. The highest BCUT2D eigenvalue weighted by Gasteiger charge is 2.26. The van der Waals surface area contributed by atoms with Gasteiger partial charge in [-0.3, -0.25) is 9.69 Å². The smallest absolute Gasteiger partial charge is 0.228 e. The maximum atomic E-state index is 12.8. The zero-order chi connectivity index (χ0) is 19.2. The topological polar surface area (TPSA) is 50.8 Å². The molecule has 27 heavy (non-hydrogen) atoms. The molecule has 5 nitrogen and oxygen atoms in total. The van der Waals surface area contributed by atoms with Crippen molar-refractivity contribution in [2.45, 2.75) is 19.4 Å². The molecule has 6 heteroatoms. The minimum Gasteiger partial charge on any atom is -0.497 e. The van der Waals surface area contributed by atoms with Crippen LogP contribution in [-0.4, -0.2) is 38.1 Å². The van der Waals surface area contributed by atoms with Crippen LogP contribution < -0.4 is 14.8 Å². The molecule has 1 unspecified atom stereocenters. The van der Waals surface area contributed by atoms with E-state index in [1.807, 2.05) is 24.3 Å². The third-order valence-corrected chi connectivity index (χ3v) is 5.26. The van der Waals surface area contributed by atoms with Gasteiger partial charge in [0.2, 0.25) is 5.91 Å². The van der Waals surface area contributed by atoms with Crippen molar-refractivity contribution in [3.8, 4) is 11.5 Å². The molecule has 0 bridgehead atoms. The zero-order valence-corrected chi connectivity index (χ0v) is 16.5. The van der Waals surface area contributed by atoms with Crippen LogP contribution in [-0.2, 0) is 11.3 Å². The van der Waals surface area contributed by atoms with Crippen molar-refractivity contribution >= 4 is 23.2 Å². The number of amides is 1. The molecule has 144 valence electrons. The van der Waals surface area contributed by atoms with E-state index in [1.54, 1.807) is 32.4 Å². The van der Waals surface area contributed by atoms with Gasteiger partial charge in [0.05, 0.1) is 25.8 Å². The Labute approximate surface area is 165 Å². The Hall–Kier alpha value is -2.24. The summed E-state index contributed by atoms with van der Waals surface area (Å²) in [5.41, 5.74) is 1.72. The van der Waals surface area contributed by atoms with E-state index in [0.717, 1.165) is 36.5 Å². The minimum absolute atomic E-state index is 0.00501. The van der Waals surface area contributed by atoms with Gasteiger partial charge in [0.1, 0.15) is 11.5 Å². The second-order valence-corrected chi connectivity index (χ2v) is 7.13. The lowest BCUT2D eigenvalue weighted by molar-refractivity contribution is -0.121. The second kappa shape index (κ2) is 9.11. The van der Waals surface area contributed by atoms with Gasteiger partial charge >= 0.3 is 0 Å². The Morgan fingerprint density at radius 3 is 2.78 bits per heavy atom. The molecule has 1 fully saturated rings. The van der Waals surface area contributed by atoms with Gasteiger partial charge in [-0.25, -0.2) is 0 Å². The summed E-state index contributed by atoms with van der Waals surface area (Å²) < 4.78 is 10.6. The van der Waals surface area contributed by atoms with Crippen molar-refractivity contribution in [3.05, 3.63) is 53.1 Å². The van der Waals surface area contributed by atoms with Crippen LogP contribution in [0.25, 0.3) is 0 Å². The minimum atomic E-state index is -0.0721. The van der Waals surface area contributed by atoms with Crippen molar-refractivity contribution in [2.24, 2.45) is 5.92 Å². The van der Waals surface area contributed by atoms with E-state index in [4.69, 9.17) is 21.1 Å². The van der Waals surface area contributed by atoms with Crippen LogP contribution >= 0.6 is 11.6 Å². The molecule has 2 aromatic carbocycles. The van der Waals surface area contributed by atoms with Gasteiger partial charge in [0.15, 0.2) is 0 Å². The number of hydrogen-bond acceptors (Lipinski definition) is 4. The Morgan fingerprint density at radius 1 is 1.22 bits per heavy atom. The summed E-state index contributed by atoms with van der Waals surface area (Å²) in [6.07, 6.45) is 1.86. The quantitative estimate of drug-likeness (QED) is 0.805. The van der Waals surface area contributed by atoms with E-state index in [2.05, 4.69) is 10.2 Å². The number of piperidine rings is 1. The first-order valence-corrected chi connectivity index (χ1v) is 9.47. The fraction of sp³-hybridized carbons (Fsp3) is 0.381. The zero-order valence-electron chi connectivity index (χ0n) is 15.7. The molecule has 1 N–H and O–H groups in total. The van der Waals surface area contributed by atoms with E-state index >= 15 is 0 Å². The van der Waals surface area contributed by atoms with Crippen LogP contribution in [0.15, 0.2) is 42.5 Å². The van der Waals surface area contributed by atoms with Crippen molar-refractivity contribution < 1.29 is 14.3 Å². The number of anilines is 1. The number of halogens is 1. The number of methoxy groups -OCH3 is 2. The second-order valence-electron chi connectivity index (χ2n) is 6.72. The summed E-state index contributed by atoms with van der Waals surface area (Å²) in [6, 6.07) is 13.2. The molecule has 2 aromatic rings. The van der Waals surface area contributed by atoms with Crippen molar-refractivity contribution in [2.75, 3.05) is 32.6 Å². The van der Waals surface area contributed by atoms with Crippen molar-refractivity contribution in [3.63, 3.8) is 0 Å². The molecular weight excluding hydrogens is 364 g/mol. The number of carbonyl (C=O) groups is 1. The fourth-order valence-corrected chi connectivity index (χ4v) is 3.62. The molecule has 0 saturated carbocycles. The highest BCUT2D eigenvalue weighted by molar-refractivity contribution is 6.31. The fourth-order valence-electron chi connectivity index (χ4n) is 3.43. The predicted molar refractivity (Wildman–Crippen MR) is 108 cm³/mol. The van der Waals surface area contributed by atoms with Crippen LogP contribution in [0.1, 0.15) is 18.4 Å². The molecule has 0 aromatic heterocycles. The number of nitrogens with one attached hydrogen (secondary N) is 1. The number of nitrogens with zero attached hydrogens (tertiary/aromatic N) is 1. The van der Waals surface area contributed by atoms with E-state index in [-0.39, 0.29) is 11.8 Å². The first-order chi connectivity index (χ1) is 13.1. The van der Waals surface area contributed by atoms with Gasteiger partial charge < -0.3 is 14.8 Å². The largest absolute Gasteiger partial charge is 0.497 e. The molecule has 3 rings (SSSR count). The number of ether oxygens (including phenoxy) is 2.